The number of fused-ring (bicyclic) bond motifs is 3. The molecule has 1 amide bonds. The van der Waals surface area contributed by atoms with E-state index < -0.39 is 0 Å². The van der Waals surface area contributed by atoms with Gasteiger partial charge in [0.1, 0.15) is 4.83 Å². The minimum Gasteiger partial charge on any atom is -0.379 e. The lowest BCUT2D eigenvalue weighted by molar-refractivity contribution is -0.118. The summed E-state index contributed by atoms with van der Waals surface area (Å²) in [6.07, 6.45) is 4.13. The molecule has 8 heteroatoms. The summed E-state index contributed by atoms with van der Waals surface area (Å²) in [6.45, 7) is 10.00. The minimum atomic E-state index is -0.0455. The van der Waals surface area contributed by atoms with Gasteiger partial charge in [-0.15, -0.1) is 11.3 Å². The Morgan fingerprint density at radius 3 is 2.97 bits per heavy atom. The molecule has 1 N–H and O–H groups in total. The molecule has 0 saturated heterocycles. The van der Waals surface area contributed by atoms with Crippen molar-refractivity contribution in [3.63, 3.8) is 0 Å². The van der Waals surface area contributed by atoms with E-state index >= 15 is 0 Å². The van der Waals surface area contributed by atoms with E-state index in [4.69, 9.17) is 9.72 Å². The molecule has 0 radical (unpaired) electrons. The first-order chi connectivity index (χ1) is 13.9. The van der Waals surface area contributed by atoms with Crippen LogP contribution in [-0.4, -0.2) is 40.5 Å². The van der Waals surface area contributed by atoms with Gasteiger partial charge >= 0.3 is 0 Å². The molecule has 2 heterocycles. The number of amides is 1. The Kier molecular flexibility index (Phi) is 7.76. The van der Waals surface area contributed by atoms with E-state index in [2.05, 4.69) is 12.2 Å². The number of thiophene rings is 1. The summed E-state index contributed by atoms with van der Waals surface area (Å²) in [5.74, 6) is 0.869. The average molecular weight is 438 g/mol. The van der Waals surface area contributed by atoms with Crippen LogP contribution in [0.3, 0.4) is 0 Å². The van der Waals surface area contributed by atoms with Crippen LogP contribution in [0.1, 0.15) is 51.0 Å². The van der Waals surface area contributed by atoms with Crippen LogP contribution in [0.25, 0.3) is 10.2 Å². The molecule has 1 aliphatic carbocycles. The van der Waals surface area contributed by atoms with Crippen LogP contribution in [0.2, 0.25) is 0 Å². The molecule has 3 rings (SSSR count). The molecule has 0 saturated carbocycles. The first kappa shape index (κ1) is 22.3. The van der Waals surface area contributed by atoms with Gasteiger partial charge in [-0.25, -0.2) is 4.98 Å². The highest BCUT2D eigenvalue weighted by Crippen LogP contribution is 2.36. The molecule has 160 valence electrons. The summed E-state index contributed by atoms with van der Waals surface area (Å²) in [6, 6.07) is 0. The zero-order valence-corrected chi connectivity index (χ0v) is 19.4. The zero-order chi connectivity index (χ0) is 21.0. The molecule has 0 spiro atoms. The predicted octanol–water partition coefficient (Wildman–Crippen LogP) is 3.63. The second-order valence-corrected chi connectivity index (χ2v) is 9.91. The molecular weight excluding hydrogens is 406 g/mol. The normalized spacial score (nSPS) is 16.4. The van der Waals surface area contributed by atoms with Crippen molar-refractivity contribution in [1.29, 1.82) is 0 Å². The molecule has 0 aliphatic heterocycles. The number of thioether (sulfide) groups is 1. The molecule has 6 nitrogen and oxygen atoms in total. The van der Waals surface area contributed by atoms with Gasteiger partial charge in [0, 0.05) is 24.6 Å². The van der Waals surface area contributed by atoms with Crippen LogP contribution >= 0.6 is 23.1 Å². The molecule has 1 aliphatic rings. The Morgan fingerprint density at radius 1 is 1.45 bits per heavy atom. The Morgan fingerprint density at radius 2 is 2.24 bits per heavy atom. The van der Waals surface area contributed by atoms with Crippen molar-refractivity contribution in [2.75, 3.05) is 18.9 Å². The minimum absolute atomic E-state index is 0.0401. The van der Waals surface area contributed by atoms with Gasteiger partial charge < -0.3 is 10.1 Å². The summed E-state index contributed by atoms with van der Waals surface area (Å²) < 4.78 is 7.19. The van der Waals surface area contributed by atoms with Crippen molar-refractivity contribution in [1.82, 2.24) is 14.9 Å². The SMILES string of the molecule is CCn1c(SCC(=O)NCCCOC(C)C)nc2sc3c(c2c1=O)CCC(C)C3. The van der Waals surface area contributed by atoms with Crippen molar-refractivity contribution in [2.24, 2.45) is 5.92 Å². The van der Waals surface area contributed by atoms with Crippen molar-refractivity contribution < 1.29 is 9.53 Å². The van der Waals surface area contributed by atoms with E-state index in [1.54, 1.807) is 15.9 Å². The first-order valence-corrected chi connectivity index (χ1v) is 12.3. The third kappa shape index (κ3) is 5.41. The smallest absolute Gasteiger partial charge is 0.263 e. The zero-order valence-electron chi connectivity index (χ0n) is 17.7. The van der Waals surface area contributed by atoms with Gasteiger partial charge in [-0.3, -0.25) is 14.2 Å². The summed E-state index contributed by atoms with van der Waals surface area (Å²) in [5.41, 5.74) is 1.25. The van der Waals surface area contributed by atoms with Crippen molar-refractivity contribution in [3.8, 4) is 0 Å². The molecule has 29 heavy (non-hydrogen) atoms. The van der Waals surface area contributed by atoms with Crippen molar-refractivity contribution in [3.05, 3.63) is 20.8 Å². The van der Waals surface area contributed by atoms with Crippen LogP contribution in [0.5, 0.6) is 0 Å². The number of aryl methyl sites for hydroxylation is 1. The number of hydrogen-bond acceptors (Lipinski definition) is 6. The fourth-order valence-corrected chi connectivity index (χ4v) is 5.91. The van der Waals surface area contributed by atoms with E-state index in [0.717, 1.165) is 35.9 Å². The van der Waals surface area contributed by atoms with Gasteiger partial charge in [0.2, 0.25) is 5.91 Å². The number of nitrogens with one attached hydrogen (secondary N) is 1. The summed E-state index contributed by atoms with van der Waals surface area (Å²) in [7, 11) is 0. The van der Waals surface area contributed by atoms with Crippen LogP contribution < -0.4 is 10.9 Å². The predicted molar refractivity (Wildman–Crippen MR) is 120 cm³/mol. The highest BCUT2D eigenvalue weighted by atomic mass is 32.2. The van der Waals surface area contributed by atoms with Crippen molar-refractivity contribution in [2.45, 2.75) is 71.2 Å². The van der Waals surface area contributed by atoms with Crippen LogP contribution in [0.15, 0.2) is 9.95 Å². The van der Waals surface area contributed by atoms with E-state index in [0.29, 0.717) is 30.8 Å². The van der Waals surface area contributed by atoms with Gasteiger partial charge in [0.05, 0.1) is 17.2 Å². The maximum absolute atomic E-state index is 13.1. The van der Waals surface area contributed by atoms with E-state index in [1.165, 1.54) is 22.2 Å². The highest BCUT2D eigenvalue weighted by Gasteiger charge is 2.24. The second-order valence-electron chi connectivity index (χ2n) is 7.89. The molecular formula is C21H31N3O3S2. The Bertz CT molecular complexity index is 920. The number of ether oxygens (including phenoxy) is 1. The lowest BCUT2D eigenvalue weighted by Crippen LogP contribution is -2.28. The monoisotopic (exact) mass is 437 g/mol. The summed E-state index contributed by atoms with van der Waals surface area (Å²) >= 11 is 2.99. The highest BCUT2D eigenvalue weighted by molar-refractivity contribution is 7.99. The summed E-state index contributed by atoms with van der Waals surface area (Å²) in [4.78, 5) is 32.2. The average Bonchev–Trinajstić information content (AvgIpc) is 3.03. The Balaban J connectivity index is 1.68. The quantitative estimate of drug-likeness (QED) is 0.368. The van der Waals surface area contributed by atoms with E-state index in [-0.39, 0.29) is 23.3 Å². The van der Waals surface area contributed by atoms with Gasteiger partial charge in [-0.1, -0.05) is 18.7 Å². The molecule has 2 aromatic heterocycles. The number of nitrogens with zero attached hydrogens (tertiary/aromatic N) is 2. The lowest BCUT2D eigenvalue weighted by atomic mass is 9.89. The molecule has 1 unspecified atom stereocenters. The van der Waals surface area contributed by atoms with Gasteiger partial charge in [0.25, 0.3) is 5.56 Å². The standard InChI is InChI=1S/C21H31N3O3S2/c1-5-24-20(26)18-15-8-7-14(4)11-16(15)29-19(18)23-21(24)28-12-17(25)22-9-6-10-27-13(2)3/h13-14H,5-12H2,1-4H3,(H,22,25). The summed E-state index contributed by atoms with van der Waals surface area (Å²) in [5, 5.41) is 4.35. The third-order valence-corrected chi connectivity index (χ3v) is 7.25. The van der Waals surface area contributed by atoms with Crippen molar-refractivity contribution >= 4 is 39.2 Å². The Labute approximate surface area is 180 Å². The number of aromatic nitrogens is 2. The van der Waals surface area contributed by atoms with Gasteiger partial charge in [-0.05, 0) is 57.9 Å². The topological polar surface area (TPSA) is 73.2 Å². The number of rotatable bonds is 9. The van der Waals surface area contributed by atoms with Gasteiger partial charge in [-0.2, -0.15) is 0 Å². The first-order valence-electron chi connectivity index (χ1n) is 10.5. The largest absolute Gasteiger partial charge is 0.379 e. The van der Waals surface area contributed by atoms with E-state index in [9.17, 15) is 9.59 Å². The maximum atomic E-state index is 13.1. The molecule has 2 aromatic rings. The van der Waals surface area contributed by atoms with Crippen LogP contribution in [0.4, 0.5) is 0 Å². The fraction of sp³-hybridized carbons (Fsp3) is 0.667. The fourth-order valence-electron chi connectivity index (χ4n) is 3.59. The second kappa shape index (κ2) is 10.1. The molecule has 0 fully saturated rings. The third-order valence-electron chi connectivity index (χ3n) is 5.12. The van der Waals surface area contributed by atoms with Crippen LogP contribution in [0, 0.1) is 5.92 Å². The van der Waals surface area contributed by atoms with Crippen LogP contribution in [-0.2, 0) is 28.9 Å². The lowest BCUT2D eigenvalue weighted by Gasteiger charge is -2.17. The Hall–Kier alpha value is -1.38. The molecule has 0 aromatic carbocycles. The number of hydrogen-bond donors (Lipinski definition) is 1. The van der Waals surface area contributed by atoms with Gasteiger partial charge in [0.15, 0.2) is 5.16 Å². The number of carbonyl (C=O) groups is 1. The van der Waals surface area contributed by atoms with E-state index in [1.807, 2.05) is 20.8 Å². The molecule has 1 atom stereocenters. The molecule has 0 bridgehead atoms. The number of carbonyl (C=O) groups excluding carboxylic acids is 1. The maximum Gasteiger partial charge on any atom is 0.263 e.